The van der Waals surface area contributed by atoms with Gasteiger partial charge < -0.3 is 18.9 Å². The summed E-state index contributed by atoms with van der Waals surface area (Å²) < 4.78 is 20.7. The summed E-state index contributed by atoms with van der Waals surface area (Å²) in [6, 6.07) is 0. The molecule has 0 aromatic rings. The van der Waals surface area contributed by atoms with Crippen molar-refractivity contribution in [2.75, 3.05) is 13.2 Å². The molecule has 0 aromatic heterocycles. The quantitative estimate of drug-likeness (QED) is 0.245. The summed E-state index contributed by atoms with van der Waals surface area (Å²) in [6.07, 6.45) is 1.86. The van der Waals surface area contributed by atoms with Gasteiger partial charge in [-0.25, -0.2) is 0 Å². The second kappa shape index (κ2) is 26.8. The summed E-state index contributed by atoms with van der Waals surface area (Å²) in [5.74, 6) is -0.488. The molecule has 0 spiro atoms. The van der Waals surface area contributed by atoms with E-state index >= 15 is 0 Å². The van der Waals surface area contributed by atoms with E-state index < -0.39 is 5.79 Å². The Morgan fingerprint density at radius 2 is 1.53 bits per heavy atom. The fourth-order valence-corrected chi connectivity index (χ4v) is 1.77. The van der Waals surface area contributed by atoms with E-state index in [9.17, 15) is 9.59 Å². The predicted octanol–water partition coefficient (Wildman–Crippen LogP) is 3.19. The number of ketones is 2. The van der Waals surface area contributed by atoms with Crippen LogP contribution >= 0.6 is 98.4 Å². The summed E-state index contributed by atoms with van der Waals surface area (Å²) in [5.41, 5.74) is 0. The molecule has 3 atom stereocenters. The molecular formula is C17H32I6O7. The third-order valence-corrected chi connectivity index (χ3v) is 3.18. The van der Waals surface area contributed by atoms with E-state index in [0.29, 0.717) is 26.5 Å². The van der Waals surface area contributed by atoms with Gasteiger partial charge in [0.15, 0.2) is 23.6 Å². The van der Waals surface area contributed by atoms with Crippen molar-refractivity contribution in [2.24, 2.45) is 0 Å². The van der Waals surface area contributed by atoms with Crippen LogP contribution in [0.4, 0.5) is 0 Å². The van der Waals surface area contributed by atoms with Gasteiger partial charge in [-0.1, -0.05) is 13.8 Å². The molecule has 13 heteroatoms. The minimum atomic E-state index is -0.573. The Kier molecular flexibility index (Phi) is 36.1. The number of ether oxygens (including phenoxy) is 4. The van der Waals surface area contributed by atoms with Gasteiger partial charge in [0, 0.05) is 37.2 Å². The van der Waals surface area contributed by atoms with Crippen molar-refractivity contribution in [1.82, 2.24) is 0 Å². The second-order valence-corrected chi connectivity index (χ2v) is 22.2. The molecule has 2 aliphatic rings. The summed E-state index contributed by atoms with van der Waals surface area (Å²) >= 11 is 9.54. The molecule has 0 amide bonds. The second-order valence-electron chi connectivity index (χ2n) is 5.98. The molecule has 0 aromatic carbocycles. The summed E-state index contributed by atoms with van der Waals surface area (Å²) in [4.78, 5) is 29.2. The summed E-state index contributed by atoms with van der Waals surface area (Å²) in [6.45, 7) is 11.3. The Morgan fingerprint density at radius 3 is 1.70 bits per heavy atom. The molecule has 1 unspecified atom stereocenters. The first-order valence-corrected chi connectivity index (χ1v) is 27.5. The number of halogens is 6. The van der Waals surface area contributed by atoms with E-state index in [1.54, 1.807) is 13.8 Å². The van der Waals surface area contributed by atoms with Gasteiger partial charge >= 0.3 is 50.5 Å². The van der Waals surface area contributed by atoms with E-state index in [1.807, 2.05) is 13.8 Å². The van der Waals surface area contributed by atoms with Crippen LogP contribution in [0.15, 0.2) is 0 Å². The van der Waals surface area contributed by atoms with E-state index in [2.05, 4.69) is 74.5 Å². The van der Waals surface area contributed by atoms with Crippen molar-refractivity contribution in [2.45, 2.75) is 78.7 Å². The number of hydrogen-bond donors (Lipinski definition) is 0. The molecule has 1 N–H and O–H groups in total. The van der Waals surface area contributed by atoms with E-state index in [0.717, 1.165) is 19.1 Å². The molecule has 2 saturated heterocycles. The average molecular weight is 1110 g/mol. The van der Waals surface area contributed by atoms with Gasteiger partial charge in [-0.05, 0) is 34.1 Å². The number of aldehydes is 1. The Bertz CT molecular complexity index is 441. The van der Waals surface area contributed by atoms with Crippen molar-refractivity contribution in [1.29, 1.82) is 0 Å². The first-order chi connectivity index (χ1) is 13.6. The standard InChI is InChI=1S/2C7H12O3.C3H6O.I3.I2.HI/c1-5(8)6-4-9-7(2,3)10-6;1-3-7-9-4-6(10-7)5(2)8;1-2-3-4;1-3-2;1-2;/h6H,4H2,1-3H3;6-7H,3-4H2,1-2H3;3H,2H2,1H3;;;1H/q;;;-1;;/p+1/t6-;6-,7?;;;;/m11..../s1. The topological polar surface area (TPSA) is 92.5 Å². The van der Waals surface area contributed by atoms with Crippen LogP contribution < -0.4 is 13.3 Å². The van der Waals surface area contributed by atoms with Gasteiger partial charge in [-0.15, -0.1) is 24.0 Å². The number of carbonyl (C=O) groups excluding carboxylic acids is 3. The van der Waals surface area contributed by atoms with Gasteiger partial charge in [0.2, 0.25) is 0 Å². The number of carbonyl (C=O) groups is 2. The first kappa shape index (κ1) is 40.4. The fourth-order valence-electron chi connectivity index (χ4n) is 1.77. The number of hydrogen-bond acceptors (Lipinski definition) is 6. The van der Waals surface area contributed by atoms with Crippen LogP contribution in [0.5, 0.6) is 0 Å². The molecule has 0 radical (unpaired) electrons. The molecule has 0 bridgehead atoms. The summed E-state index contributed by atoms with van der Waals surface area (Å²) in [7, 11) is 0. The van der Waals surface area contributed by atoms with Crippen LogP contribution in [0.2, 0.25) is 0 Å². The third kappa shape index (κ3) is 24.4. The molecule has 2 aliphatic heterocycles. The molecule has 7 nitrogen and oxygen atoms in total. The van der Waals surface area contributed by atoms with Crippen molar-refractivity contribution >= 4 is 116 Å². The van der Waals surface area contributed by atoms with Crippen molar-refractivity contribution in [3.8, 4) is 0 Å². The summed E-state index contributed by atoms with van der Waals surface area (Å²) in [5, 5.41) is 0. The van der Waals surface area contributed by atoms with Crippen LogP contribution in [0.1, 0.15) is 54.4 Å². The molecule has 184 valence electrons. The number of Topliss-reactive ketones (excluding diaryl/α,β-unsaturated/α-hetero) is 2. The Morgan fingerprint density at radius 1 is 1.10 bits per heavy atom. The molecule has 2 heterocycles. The monoisotopic (exact) mass is 1110 g/mol. The zero-order valence-corrected chi connectivity index (χ0v) is 31.0. The molecule has 0 saturated carbocycles. The van der Waals surface area contributed by atoms with Gasteiger partial charge in [-0.3, -0.25) is 14.4 Å². The average Bonchev–Trinajstić information content (AvgIpc) is 3.31. The Hall–Kier alpha value is 3.23. The van der Waals surface area contributed by atoms with Gasteiger partial charge in [-0.2, -0.15) is 0 Å². The first-order valence-electron chi connectivity index (χ1n) is 8.65. The zero-order valence-electron chi connectivity index (χ0n) is 17.8. The Labute approximate surface area is 250 Å². The van der Waals surface area contributed by atoms with E-state index in [1.165, 1.54) is 13.8 Å². The van der Waals surface area contributed by atoms with Gasteiger partial charge in [0.25, 0.3) is 6.29 Å². The molecule has 2 rings (SSSR count). The van der Waals surface area contributed by atoms with Gasteiger partial charge in [0.05, 0.1) is 19.6 Å². The molecule has 2 fully saturated rings. The predicted molar refractivity (Wildman–Crippen MR) is 161 cm³/mol. The maximum absolute atomic E-state index is 10.7. The SMILES string of the molecule is CC(=O)[C@H]1COC(C)(C)O1.CCC1OC[C@H](C(C)=O)O1.CCC=[OH+].I.II.I[I-]I. The molecule has 0 aliphatic carbocycles. The Balaban J connectivity index is -0.000000159. The maximum atomic E-state index is 10.7. The third-order valence-electron chi connectivity index (χ3n) is 3.18. The minimum absolute atomic E-state index is 0. The number of rotatable bonds is 4. The fraction of sp³-hybridized carbons (Fsp3) is 0.824. The van der Waals surface area contributed by atoms with Crippen molar-refractivity contribution < 1.29 is 46.6 Å². The molecular weight excluding hydrogens is 1080 g/mol. The van der Waals surface area contributed by atoms with Gasteiger partial charge in [0.1, 0.15) is 12.2 Å². The zero-order chi connectivity index (χ0) is 23.5. The van der Waals surface area contributed by atoms with Crippen LogP contribution in [0, 0.1) is 0 Å². The van der Waals surface area contributed by atoms with Crippen LogP contribution in [-0.4, -0.2) is 60.1 Å². The van der Waals surface area contributed by atoms with Crippen LogP contribution in [0.3, 0.4) is 0 Å². The van der Waals surface area contributed by atoms with Crippen molar-refractivity contribution in [3.63, 3.8) is 0 Å². The van der Waals surface area contributed by atoms with Crippen LogP contribution in [0.25, 0.3) is 0 Å². The van der Waals surface area contributed by atoms with E-state index in [4.69, 9.17) is 23.7 Å². The van der Waals surface area contributed by atoms with Crippen molar-refractivity contribution in [3.05, 3.63) is 0 Å². The molecule has 30 heavy (non-hydrogen) atoms. The normalized spacial score (nSPS) is 22.8. The van der Waals surface area contributed by atoms with Crippen LogP contribution in [-0.2, 0) is 28.5 Å². The van der Waals surface area contributed by atoms with E-state index in [-0.39, 0.29) is 54.0 Å².